The minimum Gasteiger partial charge on any atom is -0.357 e. The lowest BCUT2D eigenvalue weighted by Crippen LogP contribution is -2.39. The molecule has 2 heterocycles. The SMILES string of the molecule is CC\C=C/C=C(F)\C(C)=C\C(=N)C1c2nc[nH]c2CCN1c1ccccc1. The maximum absolute atomic E-state index is 14.3. The molecule has 1 aliphatic heterocycles. The van der Waals surface area contributed by atoms with Gasteiger partial charge in [-0.2, -0.15) is 0 Å². The van der Waals surface area contributed by atoms with Gasteiger partial charge in [0.2, 0.25) is 0 Å². The fourth-order valence-corrected chi connectivity index (χ4v) is 3.29. The average Bonchev–Trinajstić information content (AvgIpc) is 3.16. The molecule has 140 valence electrons. The number of anilines is 1. The van der Waals surface area contributed by atoms with E-state index >= 15 is 0 Å². The first-order valence-electron chi connectivity index (χ1n) is 9.25. The van der Waals surface area contributed by atoms with Crippen LogP contribution < -0.4 is 4.90 Å². The molecule has 1 aromatic heterocycles. The highest BCUT2D eigenvalue weighted by Gasteiger charge is 2.32. The lowest BCUT2D eigenvalue weighted by molar-refractivity contribution is 0.650. The number of halogens is 1. The van der Waals surface area contributed by atoms with E-state index in [1.54, 1.807) is 25.4 Å². The van der Waals surface area contributed by atoms with Crippen LogP contribution in [0.5, 0.6) is 0 Å². The normalized spacial score (nSPS) is 18.0. The third-order valence-electron chi connectivity index (χ3n) is 4.67. The number of benzene rings is 1. The highest BCUT2D eigenvalue weighted by molar-refractivity contribution is 6.00. The van der Waals surface area contributed by atoms with Crippen molar-refractivity contribution >= 4 is 11.4 Å². The molecule has 0 spiro atoms. The number of hydrogen-bond acceptors (Lipinski definition) is 3. The van der Waals surface area contributed by atoms with Crippen molar-refractivity contribution in [3.63, 3.8) is 0 Å². The van der Waals surface area contributed by atoms with Crippen molar-refractivity contribution in [2.24, 2.45) is 0 Å². The first-order chi connectivity index (χ1) is 13.1. The second kappa shape index (κ2) is 8.62. The van der Waals surface area contributed by atoms with Gasteiger partial charge in [-0.3, -0.25) is 0 Å². The zero-order chi connectivity index (χ0) is 19.2. The highest BCUT2D eigenvalue weighted by Crippen LogP contribution is 2.33. The molecule has 0 fully saturated rings. The zero-order valence-electron chi connectivity index (χ0n) is 15.7. The Morgan fingerprint density at radius 2 is 2.15 bits per heavy atom. The van der Waals surface area contributed by atoms with E-state index in [2.05, 4.69) is 14.9 Å². The Morgan fingerprint density at radius 1 is 1.37 bits per heavy atom. The average molecular weight is 364 g/mol. The molecule has 2 aromatic rings. The van der Waals surface area contributed by atoms with Crippen LogP contribution in [0, 0.1) is 5.41 Å². The monoisotopic (exact) mass is 364 g/mol. The number of fused-ring (bicyclic) bond motifs is 1. The second-order valence-corrected chi connectivity index (χ2v) is 6.58. The summed E-state index contributed by atoms with van der Waals surface area (Å²) in [5.74, 6) is -0.325. The van der Waals surface area contributed by atoms with Crippen molar-refractivity contribution < 1.29 is 4.39 Å². The minimum atomic E-state index is -0.337. The van der Waals surface area contributed by atoms with Crippen LogP contribution in [0.25, 0.3) is 0 Å². The Balaban J connectivity index is 1.93. The van der Waals surface area contributed by atoms with E-state index in [-0.39, 0.29) is 11.9 Å². The summed E-state index contributed by atoms with van der Waals surface area (Å²) in [7, 11) is 0. The molecule has 0 saturated heterocycles. The van der Waals surface area contributed by atoms with Gasteiger partial charge in [-0.1, -0.05) is 37.3 Å². The van der Waals surface area contributed by atoms with Crippen LogP contribution in [-0.4, -0.2) is 22.2 Å². The van der Waals surface area contributed by atoms with Gasteiger partial charge >= 0.3 is 0 Å². The number of nitrogens with one attached hydrogen (secondary N) is 2. The lowest BCUT2D eigenvalue weighted by atomic mass is 9.96. The summed E-state index contributed by atoms with van der Waals surface area (Å²) >= 11 is 0. The van der Waals surface area contributed by atoms with Crippen LogP contribution >= 0.6 is 0 Å². The molecule has 0 bridgehead atoms. The molecule has 1 atom stereocenters. The van der Waals surface area contributed by atoms with Gasteiger partial charge < -0.3 is 15.3 Å². The minimum absolute atomic E-state index is 0.325. The number of rotatable bonds is 6. The van der Waals surface area contributed by atoms with Crippen molar-refractivity contribution in [2.45, 2.75) is 32.7 Å². The van der Waals surface area contributed by atoms with Gasteiger partial charge in [-0.25, -0.2) is 9.37 Å². The topological polar surface area (TPSA) is 55.8 Å². The third kappa shape index (κ3) is 4.25. The van der Waals surface area contributed by atoms with E-state index in [1.165, 1.54) is 6.08 Å². The van der Waals surface area contributed by atoms with E-state index in [9.17, 15) is 4.39 Å². The van der Waals surface area contributed by atoms with E-state index in [1.807, 2.05) is 43.3 Å². The van der Waals surface area contributed by atoms with Crippen molar-refractivity contribution in [3.05, 3.63) is 83.8 Å². The molecular weight excluding hydrogens is 339 g/mol. The first-order valence-corrected chi connectivity index (χ1v) is 9.25. The Hall–Kier alpha value is -2.95. The molecule has 1 aliphatic rings. The lowest BCUT2D eigenvalue weighted by Gasteiger charge is -2.36. The van der Waals surface area contributed by atoms with E-state index in [4.69, 9.17) is 5.41 Å². The van der Waals surface area contributed by atoms with Crippen molar-refractivity contribution in [3.8, 4) is 0 Å². The largest absolute Gasteiger partial charge is 0.357 e. The number of aromatic amines is 1. The van der Waals surface area contributed by atoms with Gasteiger partial charge in [0, 0.05) is 24.3 Å². The van der Waals surface area contributed by atoms with Crippen LogP contribution in [0.15, 0.2) is 72.4 Å². The summed E-state index contributed by atoms with van der Waals surface area (Å²) in [4.78, 5) is 9.80. The zero-order valence-corrected chi connectivity index (χ0v) is 15.7. The van der Waals surface area contributed by atoms with Gasteiger partial charge in [0.05, 0.1) is 17.7 Å². The standard InChI is InChI=1S/C22H25FN4/c1-3-4-6-11-18(23)16(2)14-19(24)22-21-20(25-15-26-21)12-13-27(22)17-9-7-5-8-10-17/h4-11,14-15,22,24H,3,12-13H2,1-2H3,(H,25,26)/b6-4-,16-14+,18-11+,24-19?. The molecule has 2 N–H and O–H groups in total. The summed E-state index contributed by atoms with van der Waals surface area (Å²) in [5.41, 5.74) is 3.69. The highest BCUT2D eigenvalue weighted by atomic mass is 19.1. The van der Waals surface area contributed by atoms with Crippen LogP contribution in [0.2, 0.25) is 0 Å². The number of imidazole rings is 1. The third-order valence-corrected chi connectivity index (χ3v) is 4.67. The molecule has 27 heavy (non-hydrogen) atoms. The number of hydrogen-bond donors (Lipinski definition) is 2. The molecule has 0 amide bonds. The van der Waals surface area contributed by atoms with Gasteiger partial charge in [-0.15, -0.1) is 0 Å². The Morgan fingerprint density at radius 3 is 2.89 bits per heavy atom. The van der Waals surface area contributed by atoms with Crippen molar-refractivity contribution in [1.29, 1.82) is 5.41 Å². The van der Waals surface area contributed by atoms with Crippen LogP contribution in [0.1, 0.15) is 37.7 Å². The van der Waals surface area contributed by atoms with Crippen LogP contribution in [0.3, 0.4) is 0 Å². The second-order valence-electron chi connectivity index (χ2n) is 6.58. The quantitative estimate of drug-likeness (QED) is 0.540. The number of allylic oxidation sites excluding steroid dienone is 5. The maximum atomic E-state index is 14.3. The Bertz CT molecular complexity index is 877. The molecule has 5 heteroatoms. The molecule has 3 rings (SSSR count). The number of nitrogens with zero attached hydrogens (tertiary/aromatic N) is 2. The number of H-pyrrole nitrogens is 1. The molecule has 0 aliphatic carbocycles. The van der Waals surface area contributed by atoms with E-state index in [0.29, 0.717) is 11.3 Å². The summed E-state index contributed by atoms with van der Waals surface area (Å²) in [6.45, 7) is 4.47. The van der Waals surface area contributed by atoms with Crippen molar-refractivity contribution in [2.75, 3.05) is 11.4 Å². The van der Waals surface area contributed by atoms with Gasteiger partial charge in [0.25, 0.3) is 0 Å². The Kier molecular flexibility index (Phi) is 6.01. The molecule has 4 nitrogen and oxygen atoms in total. The summed E-state index contributed by atoms with van der Waals surface area (Å²) in [6.07, 6.45) is 10.0. The van der Waals surface area contributed by atoms with E-state index in [0.717, 1.165) is 36.5 Å². The molecule has 1 unspecified atom stereocenters. The molecule has 1 aromatic carbocycles. The van der Waals surface area contributed by atoms with Gasteiger partial charge in [-0.05, 0) is 43.2 Å². The predicted octanol–water partition coefficient (Wildman–Crippen LogP) is 5.30. The molecule has 0 radical (unpaired) electrons. The summed E-state index contributed by atoms with van der Waals surface area (Å²) in [6, 6.07) is 9.67. The Labute approximate surface area is 159 Å². The van der Waals surface area contributed by atoms with Crippen LogP contribution in [-0.2, 0) is 6.42 Å². The smallest absolute Gasteiger partial charge is 0.126 e. The predicted molar refractivity (Wildman–Crippen MR) is 109 cm³/mol. The van der Waals surface area contributed by atoms with Crippen LogP contribution in [0.4, 0.5) is 10.1 Å². The number of para-hydroxylation sites is 1. The maximum Gasteiger partial charge on any atom is 0.126 e. The first kappa shape index (κ1) is 18.8. The van der Waals surface area contributed by atoms with E-state index < -0.39 is 0 Å². The fourth-order valence-electron chi connectivity index (χ4n) is 3.29. The van der Waals surface area contributed by atoms with Crippen molar-refractivity contribution in [1.82, 2.24) is 9.97 Å². The van der Waals surface area contributed by atoms with Gasteiger partial charge in [0.1, 0.15) is 11.9 Å². The fraction of sp³-hybridized carbons (Fsp3) is 0.273. The summed E-state index contributed by atoms with van der Waals surface area (Å²) in [5, 5.41) is 8.69. The number of aromatic nitrogens is 2. The molecule has 0 saturated carbocycles. The molecular formula is C22H25FN4. The summed E-state index contributed by atoms with van der Waals surface area (Å²) < 4.78 is 14.3. The van der Waals surface area contributed by atoms with Gasteiger partial charge in [0.15, 0.2) is 0 Å².